The van der Waals surface area contributed by atoms with Crippen molar-refractivity contribution in [3.8, 4) is 0 Å². The third-order valence-electron chi connectivity index (χ3n) is 3.82. The van der Waals surface area contributed by atoms with Gasteiger partial charge in [-0.2, -0.15) is 5.10 Å². The van der Waals surface area contributed by atoms with Gasteiger partial charge in [0.1, 0.15) is 22.9 Å². The number of nitrogens with one attached hydrogen (secondary N) is 2. The Kier molecular flexibility index (Phi) is 5.36. The number of rotatable bonds is 5. The van der Waals surface area contributed by atoms with Gasteiger partial charge < -0.3 is 10.6 Å². The van der Waals surface area contributed by atoms with Gasteiger partial charge in [0.05, 0.1) is 0 Å². The highest BCUT2D eigenvalue weighted by Crippen LogP contribution is 2.16. The molecule has 0 fully saturated rings. The molecule has 0 atom stereocenters. The second kappa shape index (κ2) is 7.70. The van der Waals surface area contributed by atoms with Crippen LogP contribution in [0, 0.1) is 0 Å². The Balaban J connectivity index is 1.69. The SMILES string of the molecule is CC(=O)Nc1cccc(CNC(=O)Cn2cnc3c(c(Br)nn3C)c2=O)c1. The summed E-state index contributed by atoms with van der Waals surface area (Å²) >= 11 is 3.24. The second-order valence-electron chi connectivity index (χ2n) is 5.95. The van der Waals surface area contributed by atoms with E-state index in [1.165, 1.54) is 22.5 Å². The monoisotopic (exact) mass is 432 g/mol. The summed E-state index contributed by atoms with van der Waals surface area (Å²) in [4.78, 5) is 40.1. The van der Waals surface area contributed by atoms with E-state index >= 15 is 0 Å². The molecule has 2 heterocycles. The molecule has 0 radical (unpaired) electrons. The first-order valence-corrected chi connectivity index (χ1v) is 8.85. The minimum atomic E-state index is -0.345. The normalized spacial score (nSPS) is 10.8. The molecular formula is C17H17BrN6O3. The second-order valence-corrected chi connectivity index (χ2v) is 6.70. The molecule has 9 nitrogen and oxygen atoms in total. The number of anilines is 1. The van der Waals surface area contributed by atoms with Gasteiger partial charge in [-0.25, -0.2) is 9.67 Å². The number of carbonyl (C=O) groups excluding carboxylic acids is 2. The van der Waals surface area contributed by atoms with Crippen LogP contribution in [-0.2, 0) is 29.7 Å². The first-order chi connectivity index (χ1) is 12.8. The van der Waals surface area contributed by atoms with Gasteiger partial charge in [0.2, 0.25) is 11.8 Å². The predicted octanol–water partition coefficient (Wildman–Crippen LogP) is 1.17. The molecule has 0 spiro atoms. The van der Waals surface area contributed by atoms with Crippen LogP contribution < -0.4 is 16.2 Å². The number of halogens is 1. The fourth-order valence-corrected chi connectivity index (χ4v) is 3.21. The van der Waals surface area contributed by atoms with Gasteiger partial charge in [-0.05, 0) is 33.6 Å². The van der Waals surface area contributed by atoms with E-state index in [0.29, 0.717) is 21.3 Å². The van der Waals surface area contributed by atoms with Crippen molar-refractivity contribution in [2.24, 2.45) is 7.05 Å². The predicted molar refractivity (Wildman–Crippen MR) is 103 cm³/mol. The van der Waals surface area contributed by atoms with E-state index in [4.69, 9.17) is 0 Å². The highest BCUT2D eigenvalue weighted by molar-refractivity contribution is 9.10. The number of fused-ring (bicyclic) bond motifs is 1. The van der Waals surface area contributed by atoms with Gasteiger partial charge in [0.15, 0.2) is 5.65 Å². The summed E-state index contributed by atoms with van der Waals surface area (Å²) in [6, 6.07) is 7.15. The molecule has 2 amide bonds. The standard InChI is InChI=1S/C17H17BrN6O3/c1-10(25)21-12-5-3-4-11(6-12)7-19-13(26)8-24-9-20-16-14(17(24)27)15(18)22-23(16)2/h3-6,9H,7-8H2,1-2H3,(H,19,26)(H,21,25). The Morgan fingerprint density at radius 1 is 1.30 bits per heavy atom. The van der Waals surface area contributed by atoms with Crippen molar-refractivity contribution in [3.63, 3.8) is 0 Å². The van der Waals surface area contributed by atoms with Gasteiger partial charge in [-0.15, -0.1) is 0 Å². The maximum absolute atomic E-state index is 12.5. The molecule has 0 aliphatic rings. The lowest BCUT2D eigenvalue weighted by atomic mass is 10.2. The van der Waals surface area contributed by atoms with Crippen LogP contribution in [-0.4, -0.2) is 31.1 Å². The van der Waals surface area contributed by atoms with Crippen LogP contribution in [0.4, 0.5) is 5.69 Å². The van der Waals surface area contributed by atoms with Crippen molar-refractivity contribution in [1.82, 2.24) is 24.6 Å². The highest BCUT2D eigenvalue weighted by atomic mass is 79.9. The summed E-state index contributed by atoms with van der Waals surface area (Å²) in [5.74, 6) is -0.497. The Hall–Kier alpha value is -3.01. The van der Waals surface area contributed by atoms with E-state index in [1.54, 1.807) is 25.2 Å². The number of hydrogen-bond donors (Lipinski definition) is 2. The van der Waals surface area contributed by atoms with Crippen LogP contribution in [0.15, 0.2) is 40.0 Å². The molecule has 0 saturated carbocycles. The van der Waals surface area contributed by atoms with E-state index in [-0.39, 0.29) is 30.5 Å². The largest absolute Gasteiger partial charge is 0.350 e. The minimum absolute atomic E-state index is 0.158. The third kappa shape index (κ3) is 4.22. The maximum Gasteiger partial charge on any atom is 0.266 e. The fourth-order valence-electron chi connectivity index (χ4n) is 2.62. The molecule has 140 valence electrons. The van der Waals surface area contributed by atoms with Gasteiger partial charge in [0, 0.05) is 26.2 Å². The topological polar surface area (TPSA) is 111 Å². The number of benzene rings is 1. The molecule has 0 aliphatic carbocycles. The van der Waals surface area contributed by atoms with Crippen LogP contribution in [0.2, 0.25) is 0 Å². The molecule has 27 heavy (non-hydrogen) atoms. The van der Waals surface area contributed by atoms with Gasteiger partial charge in [-0.1, -0.05) is 12.1 Å². The molecule has 2 aromatic heterocycles. The van der Waals surface area contributed by atoms with E-state index in [0.717, 1.165) is 5.56 Å². The first-order valence-electron chi connectivity index (χ1n) is 8.06. The van der Waals surface area contributed by atoms with E-state index < -0.39 is 0 Å². The molecule has 0 aliphatic heterocycles. The van der Waals surface area contributed by atoms with E-state index in [2.05, 4.69) is 36.6 Å². The third-order valence-corrected chi connectivity index (χ3v) is 4.37. The molecule has 0 unspecified atom stereocenters. The summed E-state index contributed by atoms with van der Waals surface area (Å²) < 4.78 is 3.12. The smallest absolute Gasteiger partial charge is 0.266 e. The van der Waals surface area contributed by atoms with Gasteiger partial charge in [-0.3, -0.25) is 19.0 Å². The summed E-state index contributed by atoms with van der Waals surface area (Å²) in [6.07, 6.45) is 1.33. The first kappa shape index (κ1) is 18.8. The average molecular weight is 433 g/mol. The molecule has 1 aromatic carbocycles. The maximum atomic E-state index is 12.5. The molecule has 10 heteroatoms. The molecule has 2 N–H and O–H groups in total. The highest BCUT2D eigenvalue weighted by Gasteiger charge is 2.14. The van der Waals surface area contributed by atoms with Crippen molar-refractivity contribution in [1.29, 1.82) is 0 Å². The lowest BCUT2D eigenvalue weighted by molar-refractivity contribution is -0.122. The van der Waals surface area contributed by atoms with Crippen molar-refractivity contribution in [3.05, 3.63) is 51.1 Å². The van der Waals surface area contributed by atoms with Crippen LogP contribution in [0.1, 0.15) is 12.5 Å². The van der Waals surface area contributed by atoms with Gasteiger partial charge >= 0.3 is 0 Å². The molecular weight excluding hydrogens is 416 g/mol. The number of hydrogen-bond acceptors (Lipinski definition) is 5. The van der Waals surface area contributed by atoms with Crippen molar-refractivity contribution >= 4 is 44.5 Å². The summed E-state index contributed by atoms with van der Waals surface area (Å²) in [5, 5.41) is 9.87. The van der Waals surface area contributed by atoms with Crippen LogP contribution in [0.3, 0.4) is 0 Å². The zero-order valence-electron chi connectivity index (χ0n) is 14.7. The zero-order chi connectivity index (χ0) is 19.6. The molecule has 3 aromatic rings. The number of aryl methyl sites for hydroxylation is 1. The summed E-state index contributed by atoms with van der Waals surface area (Å²) in [7, 11) is 1.69. The lowest BCUT2D eigenvalue weighted by Gasteiger charge is -2.09. The van der Waals surface area contributed by atoms with Crippen LogP contribution in [0.25, 0.3) is 11.0 Å². The number of amides is 2. The van der Waals surface area contributed by atoms with Crippen molar-refractivity contribution < 1.29 is 9.59 Å². The van der Waals surface area contributed by atoms with E-state index in [9.17, 15) is 14.4 Å². The van der Waals surface area contributed by atoms with Gasteiger partial charge in [0.25, 0.3) is 5.56 Å². The average Bonchev–Trinajstić information content (AvgIpc) is 2.90. The lowest BCUT2D eigenvalue weighted by Crippen LogP contribution is -2.32. The number of aromatic nitrogens is 4. The Bertz CT molecular complexity index is 1090. The Morgan fingerprint density at radius 2 is 2.07 bits per heavy atom. The molecule has 3 rings (SSSR count). The zero-order valence-corrected chi connectivity index (χ0v) is 16.3. The number of carbonyl (C=O) groups is 2. The fraction of sp³-hybridized carbons (Fsp3) is 0.235. The number of nitrogens with zero attached hydrogens (tertiary/aromatic N) is 4. The quantitative estimate of drug-likeness (QED) is 0.628. The minimum Gasteiger partial charge on any atom is -0.350 e. The van der Waals surface area contributed by atoms with Crippen molar-refractivity contribution in [2.45, 2.75) is 20.0 Å². The van der Waals surface area contributed by atoms with Crippen LogP contribution in [0.5, 0.6) is 0 Å². The molecule has 0 bridgehead atoms. The van der Waals surface area contributed by atoms with Crippen molar-refractivity contribution in [2.75, 3.05) is 5.32 Å². The summed E-state index contributed by atoms with van der Waals surface area (Å²) in [6.45, 7) is 1.54. The Morgan fingerprint density at radius 3 is 2.81 bits per heavy atom. The van der Waals surface area contributed by atoms with E-state index in [1.807, 2.05) is 6.07 Å². The summed E-state index contributed by atoms with van der Waals surface area (Å²) in [5.41, 5.74) is 1.58. The van der Waals surface area contributed by atoms with Crippen LogP contribution >= 0.6 is 15.9 Å². The molecule has 0 saturated heterocycles. The Labute approximate surface area is 162 Å².